The van der Waals surface area contributed by atoms with E-state index < -0.39 is 0 Å². The Morgan fingerprint density at radius 2 is 1.94 bits per heavy atom. The molecule has 0 spiro atoms. The molecule has 0 aliphatic carbocycles. The lowest BCUT2D eigenvalue weighted by Gasteiger charge is -2.62. The second-order valence-corrected chi connectivity index (χ2v) is 9.26. The molecule has 0 radical (unpaired) electrons. The maximum atomic E-state index is 13.3. The van der Waals surface area contributed by atoms with Gasteiger partial charge in [0.2, 0.25) is 0 Å². The summed E-state index contributed by atoms with van der Waals surface area (Å²) in [4.78, 5) is 18.1. The first-order chi connectivity index (χ1) is 15.9. The van der Waals surface area contributed by atoms with Gasteiger partial charge in [0.25, 0.3) is 5.91 Å². The fourth-order valence-corrected chi connectivity index (χ4v) is 4.96. The SMILES string of the molecule is COc1cc(-c2ccnn2C)cc([C@@H](C)NC(=O)c2cc(N3CC4[C@@H]3CN4C)ccc2C)c1. The lowest BCUT2D eigenvalue weighted by molar-refractivity contribution is 0.0368. The number of benzene rings is 2. The fraction of sp³-hybridized carbons (Fsp3) is 0.385. The van der Waals surface area contributed by atoms with Crippen LogP contribution in [0.4, 0.5) is 5.69 Å². The number of nitrogens with zero attached hydrogens (tertiary/aromatic N) is 4. The number of amides is 1. The molecule has 7 nitrogen and oxygen atoms in total. The molecule has 3 heterocycles. The molecule has 0 bridgehead atoms. The van der Waals surface area contributed by atoms with Gasteiger partial charge in [-0.3, -0.25) is 14.4 Å². The van der Waals surface area contributed by atoms with Crippen molar-refractivity contribution >= 4 is 11.6 Å². The molecule has 1 unspecified atom stereocenters. The van der Waals surface area contributed by atoms with E-state index in [1.807, 2.05) is 49.8 Å². The molecule has 1 N–H and O–H groups in total. The molecule has 172 valence electrons. The van der Waals surface area contributed by atoms with Crippen LogP contribution in [0.15, 0.2) is 48.7 Å². The van der Waals surface area contributed by atoms with E-state index >= 15 is 0 Å². The second kappa shape index (κ2) is 8.23. The number of aryl methyl sites for hydroxylation is 2. The van der Waals surface area contributed by atoms with Crippen molar-refractivity contribution in [3.05, 3.63) is 65.4 Å². The molecule has 3 aromatic rings. The Balaban J connectivity index is 1.36. The van der Waals surface area contributed by atoms with Crippen LogP contribution in [0.5, 0.6) is 5.75 Å². The number of rotatable bonds is 6. The largest absolute Gasteiger partial charge is 0.497 e. The smallest absolute Gasteiger partial charge is 0.252 e. The molecule has 2 aromatic carbocycles. The van der Waals surface area contributed by atoms with E-state index in [1.165, 1.54) is 0 Å². The number of nitrogens with one attached hydrogen (secondary N) is 1. The Morgan fingerprint density at radius 1 is 1.12 bits per heavy atom. The first-order valence-corrected chi connectivity index (χ1v) is 11.4. The number of aromatic nitrogens is 2. The standard InChI is InChI=1S/C26H31N5O2/c1-16-6-7-20(31-15-24-25(31)14-29(24)3)13-22(16)26(32)28-17(2)18-10-19(12-21(11-18)33-5)23-8-9-27-30(23)4/h6-13,17,24-25H,14-15H2,1-5H3,(H,28,32)/t17-,24?,25+/m1/s1. The summed E-state index contributed by atoms with van der Waals surface area (Å²) in [6, 6.07) is 15.3. The number of fused-ring (bicyclic) bond motifs is 1. The molecule has 3 atom stereocenters. The monoisotopic (exact) mass is 445 g/mol. The van der Waals surface area contributed by atoms with E-state index in [-0.39, 0.29) is 11.9 Å². The molecule has 2 aliphatic heterocycles. The minimum absolute atomic E-state index is 0.0606. The van der Waals surface area contributed by atoms with Crippen LogP contribution in [-0.4, -0.2) is 59.9 Å². The molecule has 2 saturated heterocycles. The number of hydrogen-bond acceptors (Lipinski definition) is 5. The number of piperazine rings is 1. The Bertz CT molecular complexity index is 1200. The van der Waals surface area contributed by atoms with Gasteiger partial charge in [0.05, 0.1) is 24.9 Å². The average molecular weight is 446 g/mol. The van der Waals surface area contributed by atoms with Crippen LogP contribution in [0.2, 0.25) is 0 Å². The predicted molar refractivity (Wildman–Crippen MR) is 130 cm³/mol. The Morgan fingerprint density at radius 3 is 2.58 bits per heavy atom. The minimum atomic E-state index is -0.184. The third-order valence-corrected chi connectivity index (χ3v) is 7.20. The molecule has 1 aromatic heterocycles. The van der Waals surface area contributed by atoms with Gasteiger partial charge >= 0.3 is 0 Å². The van der Waals surface area contributed by atoms with E-state index in [0.29, 0.717) is 12.1 Å². The van der Waals surface area contributed by atoms with Gasteiger partial charge in [-0.05, 0) is 68.4 Å². The highest BCUT2D eigenvalue weighted by Gasteiger charge is 2.49. The molecule has 0 saturated carbocycles. The summed E-state index contributed by atoms with van der Waals surface area (Å²) in [5.74, 6) is 0.690. The van der Waals surface area contributed by atoms with Crippen LogP contribution in [0, 0.1) is 6.92 Å². The normalized spacial score (nSPS) is 20.5. The van der Waals surface area contributed by atoms with Crippen LogP contribution in [0.1, 0.15) is 34.5 Å². The third kappa shape index (κ3) is 3.76. The highest BCUT2D eigenvalue weighted by molar-refractivity contribution is 5.97. The summed E-state index contributed by atoms with van der Waals surface area (Å²) >= 11 is 0. The topological polar surface area (TPSA) is 62.6 Å². The molecular weight excluding hydrogens is 414 g/mol. The third-order valence-electron chi connectivity index (χ3n) is 7.20. The lowest BCUT2D eigenvalue weighted by Crippen LogP contribution is -2.78. The number of ether oxygens (including phenoxy) is 1. The van der Waals surface area contributed by atoms with E-state index in [4.69, 9.17) is 4.74 Å². The molecule has 33 heavy (non-hydrogen) atoms. The van der Waals surface area contributed by atoms with Gasteiger partial charge in [-0.1, -0.05) is 6.07 Å². The number of carbonyl (C=O) groups is 1. The number of likely N-dealkylation sites (N-methyl/N-ethyl adjacent to an activating group) is 1. The van der Waals surface area contributed by atoms with Gasteiger partial charge in [0.1, 0.15) is 5.75 Å². The van der Waals surface area contributed by atoms with Gasteiger partial charge in [-0.15, -0.1) is 0 Å². The molecule has 1 amide bonds. The van der Waals surface area contributed by atoms with Crippen molar-refractivity contribution in [3.8, 4) is 17.0 Å². The molecular formula is C26H31N5O2. The average Bonchev–Trinajstić information content (AvgIpc) is 3.23. The molecule has 7 heteroatoms. The van der Waals surface area contributed by atoms with E-state index in [2.05, 4.69) is 45.5 Å². The van der Waals surface area contributed by atoms with Gasteiger partial charge in [-0.2, -0.15) is 5.10 Å². The van der Waals surface area contributed by atoms with Crippen LogP contribution < -0.4 is 15.0 Å². The van der Waals surface area contributed by atoms with Crippen molar-refractivity contribution in [1.29, 1.82) is 0 Å². The summed E-state index contributed by atoms with van der Waals surface area (Å²) in [7, 11) is 5.74. The van der Waals surface area contributed by atoms with Crippen molar-refractivity contribution < 1.29 is 9.53 Å². The van der Waals surface area contributed by atoms with Crippen molar-refractivity contribution in [2.75, 3.05) is 32.1 Å². The zero-order valence-electron chi connectivity index (χ0n) is 19.9. The lowest BCUT2D eigenvalue weighted by atomic mass is 9.85. The Labute approximate surface area is 195 Å². The Hall–Kier alpha value is -3.32. The number of methoxy groups -OCH3 is 1. The molecule has 2 aliphatic rings. The number of likely N-dealkylation sites (tertiary alicyclic amines) is 1. The first-order valence-electron chi connectivity index (χ1n) is 11.4. The summed E-state index contributed by atoms with van der Waals surface area (Å²) < 4.78 is 7.36. The highest BCUT2D eigenvalue weighted by atomic mass is 16.5. The zero-order chi connectivity index (χ0) is 23.3. The van der Waals surface area contributed by atoms with Gasteiger partial charge in [0.15, 0.2) is 0 Å². The second-order valence-electron chi connectivity index (χ2n) is 9.26. The van der Waals surface area contributed by atoms with Crippen LogP contribution in [0.25, 0.3) is 11.3 Å². The number of anilines is 1. The summed E-state index contributed by atoms with van der Waals surface area (Å²) in [5, 5.41) is 7.46. The van der Waals surface area contributed by atoms with Crippen molar-refractivity contribution in [2.24, 2.45) is 7.05 Å². The highest BCUT2D eigenvalue weighted by Crippen LogP contribution is 2.37. The number of carbonyl (C=O) groups excluding carboxylic acids is 1. The van der Waals surface area contributed by atoms with Crippen LogP contribution >= 0.6 is 0 Å². The molecule has 2 fully saturated rings. The van der Waals surface area contributed by atoms with Gasteiger partial charge < -0.3 is 15.0 Å². The van der Waals surface area contributed by atoms with E-state index in [0.717, 1.165) is 52.5 Å². The fourth-order valence-electron chi connectivity index (χ4n) is 4.96. The zero-order valence-corrected chi connectivity index (χ0v) is 19.9. The number of hydrogen-bond donors (Lipinski definition) is 1. The summed E-state index contributed by atoms with van der Waals surface area (Å²) in [6.07, 6.45) is 1.78. The van der Waals surface area contributed by atoms with E-state index in [9.17, 15) is 4.79 Å². The van der Waals surface area contributed by atoms with Gasteiger partial charge in [-0.25, -0.2) is 0 Å². The first kappa shape index (κ1) is 21.5. The van der Waals surface area contributed by atoms with Crippen molar-refractivity contribution in [1.82, 2.24) is 20.0 Å². The summed E-state index contributed by atoms with van der Waals surface area (Å²) in [5.41, 5.74) is 5.81. The summed E-state index contributed by atoms with van der Waals surface area (Å²) in [6.45, 7) is 6.11. The maximum absolute atomic E-state index is 13.3. The van der Waals surface area contributed by atoms with Gasteiger partial charge in [0, 0.05) is 49.2 Å². The van der Waals surface area contributed by atoms with Crippen molar-refractivity contribution in [3.63, 3.8) is 0 Å². The predicted octanol–water partition coefficient (Wildman–Crippen LogP) is 3.40. The van der Waals surface area contributed by atoms with Crippen LogP contribution in [0.3, 0.4) is 0 Å². The Kier molecular flexibility index (Phi) is 5.37. The maximum Gasteiger partial charge on any atom is 0.252 e. The molecule has 5 rings (SSSR count). The minimum Gasteiger partial charge on any atom is -0.497 e. The van der Waals surface area contributed by atoms with Crippen molar-refractivity contribution in [2.45, 2.75) is 32.0 Å². The quantitative estimate of drug-likeness (QED) is 0.630. The van der Waals surface area contributed by atoms with Crippen LogP contribution in [-0.2, 0) is 7.05 Å². The van der Waals surface area contributed by atoms with E-state index in [1.54, 1.807) is 13.3 Å².